The monoisotopic (exact) mass is 225 g/mol. The lowest BCUT2D eigenvalue weighted by atomic mass is 10.2. The summed E-state index contributed by atoms with van der Waals surface area (Å²) < 4.78 is 0. The number of rotatable bonds is 2. The van der Waals surface area contributed by atoms with E-state index in [0.717, 1.165) is 24.3 Å². The number of fused-ring (bicyclic) bond motifs is 1. The Morgan fingerprint density at radius 3 is 2.82 bits per heavy atom. The second-order valence-electron chi connectivity index (χ2n) is 4.24. The summed E-state index contributed by atoms with van der Waals surface area (Å²) in [5.74, 6) is 0. The summed E-state index contributed by atoms with van der Waals surface area (Å²) in [5.41, 5.74) is 10.3. The van der Waals surface area contributed by atoms with Crippen LogP contribution in [0.2, 0.25) is 0 Å². The number of benzene rings is 1. The van der Waals surface area contributed by atoms with Gasteiger partial charge in [0, 0.05) is 18.8 Å². The quantitative estimate of drug-likeness (QED) is 0.852. The van der Waals surface area contributed by atoms with Gasteiger partial charge in [0.1, 0.15) is 0 Å². The molecule has 0 aliphatic carbocycles. The summed E-state index contributed by atoms with van der Waals surface area (Å²) in [7, 11) is 0. The Morgan fingerprint density at radius 1 is 1.18 bits per heavy atom. The van der Waals surface area contributed by atoms with Crippen LogP contribution in [0.1, 0.15) is 11.3 Å². The zero-order valence-electron chi connectivity index (χ0n) is 9.63. The van der Waals surface area contributed by atoms with Gasteiger partial charge in [0.25, 0.3) is 0 Å². The number of anilines is 2. The molecule has 1 aliphatic rings. The molecule has 0 unspecified atom stereocenters. The largest absolute Gasteiger partial charge is 0.340 e. The van der Waals surface area contributed by atoms with Gasteiger partial charge < -0.3 is 10.6 Å². The number of hydrogen-bond donors (Lipinski definition) is 1. The van der Waals surface area contributed by atoms with Gasteiger partial charge in [0.05, 0.1) is 17.6 Å². The van der Waals surface area contributed by atoms with E-state index in [2.05, 4.69) is 40.2 Å². The van der Waals surface area contributed by atoms with Crippen LogP contribution in [0.4, 0.5) is 11.4 Å². The van der Waals surface area contributed by atoms with Crippen LogP contribution in [-0.2, 0) is 13.0 Å². The van der Waals surface area contributed by atoms with Crippen LogP contribution in [0.25, 0.3) is 0 Å². The molecular weight excluding hydrogens is 210 g/mol. The van der Waals surface area contributed by atoms with Crippen molar-refractivity contribution in [1.82, 2.24) is 4.98 Å². The number of nitrogens with zero attached hydrogens (tertiary/aromatic N) is 2. The summed E-state index contributed by atoms with van der Waals surface area (Å²) in [6.45, 7) is 1.53. The van der Waals surface area contributed by atoms with E-state index in [0.29, 0.717) is 6.54 Å². The highest BCUT2D eigenvalue weighted by atomic mass is 15.2. The van der Waals surface area contributed by atoms with Crippen LogP contribution in [0.3, 0.4) is 0 Å². The number of pyridine rings is 1. The maximum atomic E-state index is 5.55. The maximum Gasteiger partial charge on any atom is 0.0597 e. The van der Waals surface area contributed by atoms with Crippen LogP contribution in [0.15, 0.2) is 42.6 Å². The molecule has 3 nitrogen and oxygen atoms in total. The standard InChI is InChI=1S/C14H15N3/c15-9-12-5-6-13(10-16-12)17-8-7-11-3-1-2-4-14(11)17/h1-6,10H,7-9,15H2. The van der Waals surface area contributed by atoms with Gasteiger partial charge in [0.2, 0.25) is 0 Å². The number of nitrogens with two attached hydrogens (primary N) is 1. The van der Waals surface area contributed by atoms with E-state index in [1.807, 2.05) is 12.3 Å². The van der Waals surface area contributed by atoms with E-state index in [1.165, 1.54) is 11.3 Å². The average Bonchev–Trinajstić information content (AvgIpc) is 2.83. The highest BCUT2D eigenvalue weighted by Gasteiger charge is 2.19. The molecule has 1 aromatic heterocycles. The molecule has 0 amide bonds. The third kappa shape index (κ3) is 1.78. The minimum absolute atomic E-state index is 0.497. The van der Waals surface area contributed by atoms with Gasteiger partial charge in [0.15, 0.2) is 0 Å². The predicted octanol–water partition coefficient (Wildman–Crippen LogP) is 2.23. The molecule has 2 heterocycles. The molecule has 17 heavy (non-hydrogen) atoms. The Bertz CT molecular complexity index is 519. The van der Waals surface area contributed by atoms with Gasteiger partial charge in [-0.25, -0.2) is 0 Å². The van der Waals surface area contributed by atoms with Crippen LogP contribution in [0.5, 0.6) is 0 Å². The van der Waals surface area contributed by atoms with Gasteiger partial charge in [-0.3, -0.25) is 4.98 Å². The fraction of sp³-hybridized carbons (Fsp3) is 0.214. The fourth-order valence-corrected chi connectivity index (χ4v) is 2.30. The Kier molecular flexibility index (Phi) is 2.53. The molecule has 3 rings (SSSR count). The van der Waals surface area contributed by atoms with Crippen molar-refractivity contribution in [3.8, 4) is 0 Å². The summed E-state index contributed by atoms with van der Waals surface area (Å²) >= 11 is 0. The second-order valence-corrected chi connectivity index (χ2v) is 4.24. The fourth-order valence-electron chi connectivity index (χ4n) is 2.30. The number of aromatic nitrogens is 1. The first kappa shape index (κ1) is 10.3. The van der Waals surface area contributed by atoms with Gasteiger partial charge in [-0.2, -0.15) is 0 Å². The van der Waals surface area contributed by atoms with Gasteiger partial charge in [-0.05, 0) is 30.2 Å². The van der Waals surface area contributed by atoms with Crippen molar-refractivity contribution < 1.29 is 0 Å². The second kappa shape index (κ2) is 4.18. The van der Waals surface area contributed by atoms with Crippen LogP contribution in [0, 0.1) is 0 Å². The van der Waals surface area contributed by atoms with Crippen LogP contribution in [-0.4, -0.2) is 11.5 Å². The first-order valence-electron chi connectivity index (χ1n) is 5.89. The van der Waals surface area contributed by atoms with E-state index in [9.17, 15) is 0 Å². The third-order valence-corrected chi connectivity index (χ3v) is 3.22. The van der Waals surface area contributed by atoms with Gasteiger partial charge in [-0.15, -0.1) is 0 Å². The van der Waals surface area contributed by atoms with E-state index < -0.39 is 0 Å². The van der Waals surface area contributed by atoms with Crippen LogP contribution >= 0.6 is 0 Å². The first-order chi connectivity index (χ1) is 8.38. The zero-order chi connectivity index (χ0) is 11.7. The molecule has 0 radical (unpaired) electrons. The summed E-state index contributed by atoms with van der Waals surface area (Å²) in [6.07, 6.45) is 3.01. The van der Waals surface area contributed by atoms with Gasteiger partial charge >= 0.3 is 0 Å². The molecule has 0 saturated heterocycles. The molecular formula is C14H15N3. The minimum Gasteiger partial charge on any atom is -0.340 e. The topological polar surface area (TPSA) is 42.1 Å². The molecule has 1 aliphatic heterocycles. The predicted molar refractivity (Wildman–Crippen MR) is 69.3 cm³/mol. The average molecular weight is 225 g/mol. The molecule has 1 aromatic carbocycles. The lowest BCUT2D eigenvalue weighted by Gasteiger charge is -2.19. The molecule has 2 aromatic rings. The molecule has 0 saturated carbocycles. The third-order valence-electron chi connectivity index (χ3n) is 3.22. The van der Waals surface area contributed by atoms with Crippen LogP contribution < -0.4 is 10.6 Å². The van der Waals surface area contributed by atoms with Crippen molar-refractivity contribution in [2.75, 3.05) is 11.4 Å². The molecule has 2 N–H and O–H groups in total. The molecule has 3 heteroatoms. The van der Waals surface area contributed by atoms with E-state index in [1.54, 1.807) is 0 Å². The normalized spacial score (nSPS) is 13.8. The van der Waals surface area contributed by atoms with E-state index in [4.69, 9.17) is 5.73 Å². The number of hydrogen-bond acceptors (Lipinski definition) is 3. The minimum atomic E-state index is 0.497. The number of para-hydroxylation sites is 1. The Balaban J connectivity index is 1.95. The Morgan fingerprint density at radius 2 is 2.06 bits per heavy atom. The van der Waals surface area contributed by atoms with E-state index in [-0.39, 0.29) is 0 Å². The van der Waals surface area contributed by atoms with Crippen molar-refractivity contribution in [3.63, 3.8) is 0 Å². The van der Waals surface area contributed by atoms with Gasteiger partial charge in [-0.1, -0.05) is 18.2 Å². The molecule has 0 fully saturated rings. The van der Waals surface area contributed by atoms with Crippen molar-refractivity contribution in [2.24, 2.45) is 5.73 Å². The Hall–Kier alpha value is -1.87. The Labute approximate surface area is 101 Å². The highest BCUT2D eigenvalue weighted by molar-refractivity contribution is 5.69. The summed E-state index contributed by atoms with van der Waals surface area (Å²) in [5, 5.41) is 0. The summed E-state index contributed by atoms with van der Waals surface area (Å²) in [6, 6.07) is 12.6. The molecule has 86 valence electrons. The van der Waals surface area contributed by atoms with E-state index >= 15 is 0 Å². The SMILES string of the molecule is NCc1ccc(N2CCc3ccccc32)cn1. The van der Waals surface area contributed by atoms with Crippen molar-refractivity contribution in [3.05, 3.63) is 53.9 Å². The first-order valence-corrected chi connectivity index (χ1v) is 5.89. The smallest absolute Gasteiger partial charge is 0.0597 e. The van der Waals surface area contributed by atoms with Crippen molar-refractivity contribution in [2.45, 2.75) is 13.0 Å². The highest BCUT2D eigenvalue weighted by Crippen LogP contribution is 2.33. The molecule has 0 atom stereocenters. The van der Waals surface area contributed by atoms with Crippen molar-refractivity contribution in [1.29, 1.82) is 0 Å². The zero-order valence-corrected chi connectivity index (χ0v) is 9.63. The summed E-state index contributed by atoms with van der Waals surface area (Å²) in [4.78, 5) is 6.66. The lowest BCUT2D eigenvalue weighted by Crippen LogP contribution is -2.13. The maximum absolute atomic E-state index is 5.55. The van der Waals surface area contributed by atoms with Crippen molar-refractivity contribution >= 4 is 11.4 Å². The lowest BCUT2D eigenvalue weighted by molar-refractivity contribution is 0.963. The molecule has 0 bridgehead atoms. The molecule has 0 spiro atoms.